The number of nitrogens with zero attached hydrogens (tertiary/aromatic N) is 3. The van der Waals surface area contributed by atoms with E-state index in [2.05, 4.69) is 9.88 Å². The molecule has 1 amide bonds. The zero-order chi connectivity index (χ0) is 19.3. The van der Waals surface area contributed by atoms with Gasteiger partial charge in [0.2, 0.25) is 11.8 Å². The van der Waals surface area contributed by atoms with Crippen molar-refractivity contribution in [2.45, 2.75) is 51.0 Å². The number of oxazole rings is 1. The van der Waals surface area contributed by atoms with Crippen molar-refractivity contribution in [2.24, 2.45) is 0 Å². The molecule has 2 aliphatic rings. The second-order valence-electron chi connectivity index (χ2n) is 7.87. The normalized spacial score (nSPS) is 21.0. The van der Waals surface area contributed by atoms with Crippen LogP contribution in [-0.2, 0) is 11.2 Å². The van der Waals surface area contributed by atoms with Crippen LogP contribution in [0.1, 0.15) is 61.8 Å². The van der Waals surface area contributed by atoms with Crippen molar-refractivity contribution >= 4 is 5.91 Å². The van der Waals surface area contributed by atoms with Crippen LogP contribution in [0.5, 0.6) is 0 Å². The lowest BCUT2D eigenvalue weighted by molar-refractivity contribution is -0.133. The number of hydrogen-bond acceptors (Lipinski definition) is 4. The van der Waals surface area contributed by atoms with Crippen LogP contribution in [0.4, 0.5) is 4.39 Å². The Morgan fingerprint density at radius 1 is 1.11 bits per heavy atom. The second-order valence-corrected chi connectivity index (χ2v) is 7.87. The summed E-state index contributed by atoms with van der Waals surface area (Å²) in [6, 6.07) is 6.60. The summed E-state index contributed by atoms with van der Waals surface area (Å²) < 4.78 is 19.8. The smallest absolute Gasteiger partial charge is 0.237 e. The molecule has 150 valence electrons. The van der Waals surface area contributed by atoms with Crippen LogP contribution in [0.2, 0.25) is 0 Å². The molecule has 28 heavy (non-hydrogen) atoms. The van der Waals surface area contributed by atoms with Gasteiger partial charge in [0.1, 0.15) is 17.6 Å². The highest BCUT2D eigenvalue weighted by Gasteiger charge is 2.34. The number of benzene rings is 1. The molecule has 0 N–H and O–H groups in total. The highest BCUT2D eigenvalue weighted by molar-refractivity contribution is 5.79. The predicted molar refractivity (Wildman–Crippen MR) is 104 cm³/mol. The van der Waals surface area contributed by atoms with Crippen molar-refractivity contribution in [3.63, 3.8) is 0 Å². The van der Waals surface area contributed by atoms with Crippen LogP contribution < -0.4 is 0 Å². The quantitative estimate of drug-likeness (QED) is 0.782. The molecule has 0 saturated carbocycles. The summed E-state index contributed by atoms with van der Waals surface area (Å²) in [5.41, 5.74) is 0.589. The number of hydrogen-bond donors (Lipinski definition) is 0. The maximum Gasteiger partial charge on any atom is 0.237 e. The Morgan fingerprint density at radius 2 is 1.89 bits per heavy atom. The first-order valence-electron chi connectivity index (χ1n) is 10.4. The highest BCUT2D eigenvalue weighted by Crippen LogP contribution is 2.32. The number of likely N-dealkylation sites (tertiary alicyclic amines) is 2. The van der Waals surface area contributed by atoms with Crippen molar-refractivity contribution in [1.29, 1.82) is 0 Å². The van der Waals surface area contributed by atoms with Crippen LogP contribution in [0, 0.1) is 5.82 Å². The SMILES string of the molecule is O=C(CN1CCCCCC1)N1CCCC1c1ncc(Cc2ccccc2F)o1. The fourth-order valence-electron chi connectivity index (χ4n) is 4.29. The minimum Gasteiger partial charge on any atom is -0.443 e. The molecule has 2 aromatic rings. The molecule has 2 fully saturated rings. The van der Waals surface area contributed by atoms with Gasteiger partial charge in [0, 0.05) is 13.0 Å². The Kier molecular flexibility index (Phi) is 6.05. The average molecular weight is 385 g/mol. The molecule has 2 aliphatic heterocycles. The van der Waals surface area contributed by atoms with Crippen LogP contribution in [-0.4, -0.2) is 46.9 Å². The van der Waals surface area contributed by atoms with Crippen molar-refractivity contribution in [1.82, 2.24) is 14.8 Å². The number of amides is 1. The van der Waals surface area contributed by atoms with Gasteiger partial charge >= 0.3 is 0 Å². The summed E-state index contributed by atoms with van der Waals surface area (Å²) in [5.74, 6) is 1.13. The van der Waals surface area contributed by atoms with Gasteiger partial charge in [0.05, 0.1) is 12.7 Å². The molecular formula is C22H28FN3O2. The molecule has 5 nitrogen and oxygen atoms in total. The first-order chi connectivity index (χ1) is 13.7. The fourth-order valence-corrected chi connectivity index (χ4v) is 4.29. The zero-order valence-electron chi connectivity index (χ0n) is 16.3. The zero-order valence-corrected chi connectivity index (χ0v) is 16.3. The third kappa shape index (κ3) is 4.43. The van der Waals surface area contributed by atoms with E-state index in [1.807, 2.05) is 11.0 Å². The van der Waals surface area contributed by atoms with E-state index >= 15 is 0 Å². The number of aromatic nitrogens is 1. The Labute approximate surface area is 165 Å². The summed E-state index contributed by atoms with van der Waals surface area (Å²) in [6.45, 7) is 3.26. The highest BCUT2D eigenvalue weighted by atomic mass is 19.1. The van der Waals surface area contributed by atoms with Crippen molar-refractivity contribution in [3.8, 4) is 0 Å². The Bertz CT molecular complexity index is 799. The van der Waals surface area contributed by atoms with E-state index in [-0.39, 0.29) is 17.8 Å². The second kappa shape index (κ2) is 8.86. The number of carbonyl (C=O) groups is 1. The minimum absolute atomic E-state index is 0.103. The van der Waals surface area contributed by atoms with E-state index < -0.39 is 0 Å². The third-order valence-electron chi connectivity index (χ3n) is 5.81. The molecule has 6 heteroatoms. The monoisotopic (exact) mass is 385 g/mol. The molecule has 2 saturated heterocycles. The minimum atomic E-state index is -0.240. The maximum absolute atomic E-state index is 13.9. The molecule has 1 unspecified atom stereocenters. The molecule has 1 aromatic carbocycles. The fraction of sp³-hybridized carbons (Fsp3) is 0.545. The Hall–Kier alpha value is -2.21. The van der Waals surface area contributed by atoms with Crippen LogP contribution >= 0.6 is 0 Å². The molecule has 0 aliphatic carbocycles. The molecule has 0 bridgehead atoms. The van der Waals surface area contributed by atoms with Crippen molar-refractivity contribution in [3.05, 3.63) is 53.5 Å². The molecule has 3 heterocycles. The molecule has 4 rings (SSSR count). The van der Waals surface area contributed by atoms with Gasteiger partial charge in [-0.15, -0.1) is 0 Å². The number of carbonyl (C=O) groups excluding carboxylic acids is 1. The van der Waals surface area contributed by atoms with E-state index in [1.54, 1.807) is 18.3 Å². The molecular weight excluding hydrogens is 357 g/mol. The van der Waals surface area contributed by atoms with Crippen LogP contribution in [0.15, 0.2) is 34.9 Å². The summed E-state index contributed by atoms with van der Waals surface area (Å²) in [4.78, 5) is 21.5. The first-order valence-corrected chi connectivity index (χ1v) is 10.4. The summed E-state index contributed by atoms with van der Waals surface area (Å²) in [6.07, 6.45) is 8.74. The van der Waals surface area contributed by atoms with Gasteiger partial charge in [-0.05, 0) is 50.4 Å². The van der Waals surface area contributed by atoms with E-state index in [1.165, 1.54) is 31.7 Å². The average Bonchev–Trinajstić information content (AvgIpc) is 3.28. The topological polar surface area (TPSA) is 49.6 Å². The Morgan fingerprint density at radius 3 is 2.68 bits per heavy atom. The van der Waals surface area contributed by atoms with Crippen molar-refractivity contribution in [2.75, 3.05) is 26.2 Å². The van der Waals surface area contributed by atoms with Crippen molar-refractivity contribution < 1.29 is 13.6 Å². The van der Waals surface area contributed by atoms with E-state index in [0.29, 0.717) is 30.2 Å². The maximum atomic E-state index is 13.9. The standard InChI is InChI=1S/C22H28FN3O2/c23-19-9-4-3-8-17(19)14-18-15-24-22(28-18)20-10-7-13-26(20)21(27)16-25-11-5-1-2-6-12-25/h3-4,8-9,15,20H,1-2,5-7,10-14,16H2. The van der Waals surface area contributed by atoms with Gasteiger partial charge in [-0.2, -0.15) is 0 Å². The van der Waals surface area contributed by atoms with Gasteiger partial charge < -0.3 is 9.32 Å². The summed E-state index contributed by atoms with van der Waals surface area (Å²) in [7, 11) is 0. The lowest BCUT2D eigenvalue weighted by atomic mass is 10.1. The van der Waals surface area contributed by atoms with Crippen LogP contribution in [0.25, 0.3) is 0 Å². The lowest BCUT2D eigenvalue weighted by Crippen LogP contribution is -2.40. The van der Waals surface area contributed by atoms with Gasteiger partial charge in [-0.25, -0.2) is 9.37 Å². The van der Waals surface area contributed by atoms with E-state index in [4.69, 9.17) is 4.42 Å². The number of rotatable bonds is 5. The van der Waals surface area contributed by atoms with E-state index in [9.17, 15) is 9.18 Å². The van der Waals surface area contributed by atoms with Gasteiger partial charge in [0.25, 0.3) is 0 Å². The molecule has 0 spiro atoms. The molecule has 0 radical (unpaired) electrons. The predicted octanol–water partition coefficient (Wildman–Crippen LogP) is 3.94. The van der Waals surface area contributed by atoms with Gasteiger partial charge in [-0.3, -0.25) is 9.69 Å². The van der Waals surface area contributed by atoms with Crippen LogP contribution in [0.3, 0.4) is 0 Å². The molecule has 1 aromatic heterocycles. The van der Waals surface area contributed by atoms with Gasteiger partial charge in [-0.1, -0.05) is 31.0 Å². The largest absolute Gasteiger partial charge is 0.443 e. The van der Waals surface area contributed by atoms with Gasteiger partial charge in [0.15, 0.2) is 0 Å². The lowest BCUT2D eigenvalue weighted by Gasteiger charge is -2.26. The Balaban J connectivity index is 1.41. The summed E-state index contributed by atoms with van der Waals surface area (Å²) in [5, 5.41) is 0. The summed E-state index contributed by atoms with van der Waals surface area (Å²) >= 11 is 0. The first kappa shape index (κ1) is 19.1. The third-order valence-corrected chi connectivity index (χ3v) is 5.81. The van der Waals surface area contributed by atoms with E-state index in [0.717, 1.165) is 32.5 Å². The molecule has 1 atom stereocenters. The number of halogens is 1.